The van der Waals surface area contributed by atoms with Crippen molar-refractivity contribution < 1.29 is 9.13 Å². The van der Waals surface area contributed by atoms with Crippen LogP contribution in [-0.2, 0) is 4.74 Å². The van der Waals surface area contributed by atoms with E-state index in [1.165, 1.54) is 6.07 Å². The average molecular weight is 312 g/mol. The summed E-state index contributed by atoms with van der Waals surface area (Å²) in [6.07, 6.45) is 0. The highest BCUT2D eigenvalue weighted by atomic mass is 32.2. The summed E-state index contributed by atoms with van der Waals surface area (Å²) < 4.78 is 19.5. The minimum absolute atomic E-state index is 0. The monoisotopic (exact) mass is 312 g/mol. The van der Waals surface area contributed by atoms with Crippen LogP contribution in [0.25, 0.3) is 0 Å². The molecule has 0 saturated carbocycles. The van der Waals surface area contributed by atoms with Crippen molar-refractivity contribution in [2.45, 2.75) is 32.6 Å². The van der Waals surface area contributed by atoms with Gasteiger partial charge in [-0.15, -0.1) is 11.8 Å². The summed E-state index contributed by atoms with van der Waals surface area (Å²) in [5.74, 6) is 1.31. The fraction of sp³-hybridized carbons (Fsp3) is 0.562. The number of nitrogens with zero attached hydrogens (tertiary/aromatic N) is 1. The van der Waals surface area contributed by atoms with Crippen molar-refractivity contribution in [1.29, 1.82) is 0 Å². The molecule has 1 saturated heterocycles. The number of thioether (sulfide) groups is 1. The van der Waals surface area contributed by atoms with Crippen LogP contribution in [0.4, 0.5) is 4.39 Å². The molecule has 3 atom stereocenters. The Morgan fingerprint density at radius 2 is 2.00 bits per heavy atom. The first-order valence-corrected chi connectivity index (χ1v) is 8.06. The molecule has 3 nitrogen and oxygen atoms in total. The fourth-order valence-corrected chi connectivity index (χ4v) is 3.66. The highest BCUT2D eigenvalue weighted by Gasteiger charge is 2.38. The van der Waals surface area contributed by atoms with E-state index in [0.717, 1.165) is 0 Å². The summed E-state index contributed by atoms with van der Waals surface area (Å²) in [6, 6.07) is 6.59. The molecule has 2 aliphatic heterocycles. The summed E-state index contributed by atoms with van der Waals surface area (Å²) in [4.78, 5) is 4.50. The van der Waals surface area contributed by atoms with Crippen LogP contribution in [-0.4, -0.2) is 30.1 Å². The van der Waals surface area contributed by atoms with Gasteiger partial charge in [-0.2, -0.15) is 0 Å². The number of hydrogen-bond donors (Lipinski definition) is 1. The summed E-state index contributed by atoms with van der Waals surface area (Å²) in [5.41, 5.74) is 6.51. The first-order valence-electron chi connectivity index (χ1n) is 7.01. The first kappa shape index (κ1) is 18.0. The molecule has 1 aromatic rings. The van der Waals surface area contributed by atoms with Gasteiger partial charge in [0.05, 0.1) is 25.0 Å². The second kappa shape index (κ2) is 8.39. The van der Waals surface area contributed by atoms with Gasteiger partial charge >= 0.3 is 0 Å². The Hall–Kier alpha value is -1.07. The van der Waals surface area contributed by atoms with Gasteiger partial charge < -0.3 is 10.5 Å². The number of ether oxygens (including phenoxy) is 1. The molecule has 2 aliphatic rings. The van der Waals surface area contributed by atoms with E-state index in [1.807, 2.05) is 19.9 Å². The number of nitrogens with two attached hydrogens (primary N) is 1. The number of rotatable bonds is 1. The molecule has 0 aromatic heterocycles. The van der Waals surface area contributed by atoms with E-state index in [0.29, 0.717) is 35.6 Å². The predicted molar refractivity (Wildman–Crippen MR) is 89.4 cm³/mol. The second-order valence-electron chi connectivity index (χ2n) is 4.64. The summed E-state index contributed by atoms with van der Waals surface area (Å²) in [6.45, 7) is 5.34. The molecule has 2 unspecified atom stereocenters. The summed E-state index contributed by atoms with van der Waals surface area (Å²) in [5, 5.41) is 0.361. The van der Waals surface area contributed by atoms with Gasteiger partial charge in [0.25, 0.3) is 0 Å². The van der Waals surface area contributed by atoms with Crippen LogP contribution in [0.15, 0.2) is 29.3 Å². The van der Waals surface area contributed by atoms with Gasteiger partial charge in [-0.05, 0) is 6.07 Å². The molecule has 1 fully saturated rings. The average Bonchev–Trinajstić information content (AvgIpc) is 2.88. The normalized spacial score (nSPS) is 27.4. The predicted octanol–water partition coefficient (Wildman–Crippen LogP) is 3.65. The Morgan fingerprint density at radius 3 is 2.71 bits per heavy atom. The van der Waals surface area contributed by atoms with Crippen molar-refractivity contribution in [3.63, 3.8) is 0 Å². The number of amidine groups is 1. The molecular formula is C16H25FN2OS. The van der Waals surface area contributed by atoms with Crippen LogP contribution in [0, 0.1) is 11.7 Å². The third-order valence-electron chi connectivity index (χ3n) is 3.45. The van der Waals surface area contributed by atoms with Crippen molar-refractivity contribution in [2.75, 3.05) is 19.0 Å². The summed E-state index contributed by atoms with van der Waals surface area (Å²) in [7, 11) is 0. The van der Waals surface area contributed by atoms with Gasteiger partial charge in [-0.25, -0.2) is 4.39 Å². The zero-order valence-corrected chi connectivity index (χ0v) is 12.7. The highest BCUT2D eigenvalue weighted by molar-refractivity contribution is 8.00. The smallest absolute Gasteiger partial charge is 0.128 e. The lowest BCUT2D eigenvalue weighted by Crippen LogP contribution is -2.21. The molecule has 118 valence electrons. The molecule has 2 heterocycles. The number of aliphatic imine (C=N–C) groups is 1. The van der Waals surface area contributed by atoms with Crippen LogP contribution in [0.2, 0.25) is 0 Å². The third-order valence-corrected chi connectivity index (χ3v) is 4.83. The van der Waals surface area contributed by atoms with E-state index in [2.05, 4.69) is 4.99 Å². The van der Waals surface area contributed by atoms with Crippen LogP contribution in [0.5, 0.6) is 0 Å². The number of halogens is 1. The zero-order valence-electron chi connectivity index (χ0n) is 11.9. The molecule has 21 heavy (non-hydrogen) atoms. The maximum absolute atomic E-state index is 13.9. The Kier molecular flexibility index (Phi) is 7.18. The van der Waals surface area contributed by atoms with E-state index in [1.54, 1.807) is 23.9 Å². The van der Waals surface area contributed by atoms with Gasteiger partial charge in [-0.1, -0.05) is 39.5 Å². The molecule has 5 heteroatoms. The zero-order chi connectivity index (χ0) is 14.5. The molecule has 0 amide bonds. The topological polar surface area (TPSA) is 47.6 Å². The quantitative estimate of drug-likeness (QED) is 0.861. The summed E-state index contributed by atoms with van der Waals surface area (Å²) >= 11 is 1.76. The number of benzene rings is 1. The van der Waals surface area contributed by atoms with Crippen molar-refractivity contribution in [1.82, 2.24) is 0 Å². The number of fused-ring (bicyclic) bond motifs is 1. The van der Waals surface area contributed by atoms with Crippen molar-refractivity contribution in [3.8, 4) is 0 Å². The lowest BCUT2D eigenvalue weighted by molar-refractivity contribution is 0.181. The van der Waals surface area contributed by atoms with Gasteiger partial charge in [0.15, 0.2) is 0 Å². The lowest BCUT2D eigenvalue weighted by atomic mass is 9.92. The van der Waals surface area contributed by atoms with Gasteiger partial charge in [0, 0.05) is 16.7 Å². The fourth-order valence-electron chi connectivity index (χ4n) is 2.54. The lowest BCUT2D eigenvalue weighted by Gasteiger charge is -2.22. The highest BCUT2D eigenvalue weighted by Crippen LogP contribution is 2.40. The van der Waals surface area contributed by atoms with Crippen LogP contribution >= 0.6 is 11.8 Å². The van der Waals surface area contributed by atoms with Crippen LogP contribution in [0.3, 0.4) is 0 Å². The minimum Gasteiger partial charge on any atom is -0.387 e. The maximum Gasteiger partial charge on any atom is 0.128 e. The van der Waals surface area contributed by atoms with E-state index in [9.17, 15) is 4.39 Å². The third kappa shape index (κ3) is 3.98. The van der Waals surface area contributed by atoms with E-state index >= 15 is 0 Å². The molecular weight excluding hydrogens is 287 g/mol. The first-order chi connectivity index (χ1) is 9.75. The van der Waals surface area contributed by atoms with Crippen molar-refractivity contribution >= 4 is 17.6 Å². The SMILES string of the molecule is C.CC.NC1=NC(c2ccccc2F)C2COC[C@@H]2SC1. The molecule has 1 aromatic carbocycles. The molecule has 0 radical (unpaired) electrons. The second-order valence-corrected chi connectivity index (χ2v) is 5.87. The van der Waals surface area contributed by atoms with E-state index < -0.39 is 0 Å². The Balaban J connectivity index is 0.000000706. The van der Waals surface area contributed by atoms with Gasteiger partial charge in [0.2, 0.25) is 0 Å². The largest absolute Gasteiger partial charge is 0.387 e. The van der Waals surface area contributed by atoms with Gasteiger partial charge in [-0.3, -0.25) is 4.99 Å². The number of hydrogen-bond acceptors (Lipinski definition) is 4. The molecule has 0 bridgehead atoms. The molecule has 0 aliphatic carbocycles. The van der Waals surface area contributed by atoms with Crippen molar-refractivity contribution in [2.24, 2.45) is 16.6 Å². The molecule has 2 N–H and O–H groups in total. The maximum atomic E-state index is 13.9. The van der Waals surface area contributed by atoms with E-state index in [-0.39, 0.29) is 25.2 Å². The minimum atomic E-state index is -0.214. The van der Waals surface area contributed by atoms with Crippen molar-refractivity contribution in [3.05, 3.63) is 35.6 Å². The van der Waals surface area contributed by atoms with Crippen LogP contribution in [0.1, 0.15) is 32.9 Å². The molecule has 3 rings (SSSR count). The Labute approximate surface area is 131 Å². The van der Waals surface area contributed by atoms with Gasteiger partial charge in [0.1, 0.15) is 11.7 Å². The molecule has 0 spiro atoms. The van der Waals surface area contributed by atoms with E-state index in [4.69, 9.17) is 10.5 Å². The van der Waals surface area contributed by atoms with Crippen LogP contribution < -0.4 is 5.73 Å². The Morgan fingerprint density at radius 1 is 1.29 bits per heavy atom. The Bertz CT molecular complexity index is 481. The standard InChI is InChI=1S/C13H15FN2OS.C2H6.CH4/c14-10-4-2-1-3-8(10)13-9-5-17-6-11(9)18-7-12(15)16-13;1-2;/h1-4,9,11,13H,5-7H2,(H2,15,16);1-2H3;1H4/t9?,11-,13?;;/m0../s1.